The van der Waals surface area contributed by atoms with Gasteiger partial charge in [-0.3, -0.25) is 0 Å². The molecule has 0 bridgehead atoms. The van der Waals surface area contributed by atoms with Gasteiger partial charge in [-0.1, -0.05) is 26.7 Å². The van der Waals surface area contributed by atoms with Gasteiger partial charge in [0.25, 0.3) is 0 Å². The van der Waals surface area contributed by atoms with Gasteiger partial charge in [-0.15, -0.1) is 0 Å². The molecule has 18 heavy (non-hydrogen) atoms. The lowest BCUT2D eigenvalue weighted by atomic mass is 9.96. The summed E-state index contributed by atoms with van der Waals surface area (Å²) in [5.74, 6) is 1.04. The van der Waals surface area contributed by atoms with Crippen LogP contribution in [-0.4, -0.2) is 36.6 Å². The Kier molecular flexibility index (Phi) is 5.97. The van der Waals surface area contributed by atoms with E-state index in [-0.39, 0.29) is 0 Å². The third-order valence-electron chi connectivity index (χ3n) is 4.78. The molecule has 1 unspecified atom stereocenters. The predicted octanol–water partition coefficient (Wildman–Crippen LogP) is 3.42. The first-order valence-electron chi connectivity index (χ1n) is 8.25. The van der Waals surface area contributed by atoms with E-state index in [0.717, 1.165) is 12.0 Å². The molecule has 1 aliphatic carbocycles. The van der Waals surface area contributed by atoms with Crippen molar-refractivity contribution in [2.45, 2.75) is 77.3 Å². The highest BCUT2D eigenvalue weighted by Gasteiger charge is 2.32. The van der Waals surface area contributed by atoms with Crippen LogP contribution in [0.5, 0.6) is 0 Å². The van der Waals surface area contributed by atoms with Crippen molar-refractivity contribution >= 4 is 0 Å². The van der Waals surface area contributed by atoms with Crippen LogP contribution in [0.2, 0.25) is 0 Å². The summed E-state index contributed by atoms with van der Waals surface area (Å²) >= 11 is 0. The summed E-state index contributed by atoms with van der Waals surface area (Å²) in [7, 11) is 0. The molecule has 1 saturated heterocycles. The highest BCUT2D eigenvalue weighted by atomic mass is 15.2. The first kappa shape index (κ1) is 14.3. The number of nitrogens with one attached hydrogen (secondary N) is 1. The summed E-state index contributed by atoms with van der Waals surface area (Å²) in [5.41, 5.74) is 0. The predicted molar refractivity (Wildman–Crippen MR) is 78.9 cm³/mol. The van der Waals surface area contributed by atoms with Crippen LogP contribution in [0.15, 0.2) is 0 Å². The quantitative estimate of drug-likeness (QED) is 0.698. The van der Waals surface area contributed by atoms with E-state index in [9.17, 15) is 0 Å². The van der Waals surface area contributed by atoms with E-state index in [4.69, 9.17) is 0 Å². The molecule has 0 amide bonds. The van der Waals surface area contributed by atoms with Crippen LogP contribution in [0.1, 0.15) is 65.2 Å². The van der Waals surface area contributed by atoms with Crippen molar-refractivity contribution in [2.24, 2.45) is 5.92 Å². The minimum atomic E-state index is 0.642. The average Bonchev–Trinajstić information content (AvgIpc) is 2.97. The summed E-state index contributed by atoms with van der Waals surface area (Å²) in [4.78, 5) is 2.81. The van der Waals surface area contributed by atoms with Crippen LogP contribution in [0.3, 0.4) is 0 Å². The van der Waals surface area contributed by atoms with Crippen molar-refractivity contribution in [3.8, 4) is 0 Å². The van der Waals surface area contributed by atoms with Crippen LogP contribution in [-0.2, 0) is 0 Å². The van der Waals surface area contributed by atoms with Crippen molar-refractivity contribution < 1.29 is 0 Å². The molecule has 2 fully saturated rings. The Morgan fingerprint density at radius 3 is 2.56 bits per heavy atom. The van der Waals surface area contributed by atoms with Crippen molar-refractivity contribution in [3.05, 3.63) is 0 Å². The van der Waals surface area contributed by atoms with Crippen LogP contribution >= 0.6 is 0 Å². The fourth-order valence-electron chi connectivity index (χ4n) is 3.84. The van der Waals surface area contributed by atoms with Crippen LogP contribution in [0, 0.1) is 5.92 Å². The molecule has 0 radical (unpaired) electrons. The minimum Gasteiger partial charge on any atom is -0.315 e. The summed E-state index contributed by atoms with van der Waals surface area (Å²) in [5, 5.41) is 3.52. The van der Waals surface area contributed by atoms with E-state index in [1.54, 1.807) is 0 Å². The second kappa shape index (κ2) is 7.49. The van der Waals surface area contributed by atoms with Crippen molar-refractivity contribution in [1.29, 1.82) is 0 Å². The highest BCUT2D eigenvalue weighted by Crippen LogP contribution is 2.35. The van der Waals surface area contributed by atoms with Gasteiger partial charge in [0.05, 0.1) is 0 Å². The second-order valence-corrected chi connectivity index (χ2v) is 6.61. The maximum Gasteiger partial charge on any atom is 0.0124 e. The normalized spacial score (nSPS) is 26.5. The number of unbranched alkanes of at least 4 members (excludes halogenated alkanes) is 1. The lowest BCUT2D eigenvalue weighted by molar-refractivity contribution is 0.187. The van der Waals surface area contributed by atoms with Gasteiger partial charge in [-0.05, 0) is 64.1 Å². The van der Waals surface area contributed by atoms with Crippen LogP contribution < -0.4 is 5.32 Å². The first-order valence-corrected chi connectivity index (χ1v) is 8.25. The van der Waals surface area contributed by atoms with E-state index in [0.29, 0.717) is 6.04 Å². The van der Waals surface area contributed by atoms with E-state index in [1.807, 2.05) is 0 Å². The molecule has 2 aliphatic rings. The summed E-state index contributed by atoms with van der Waals surface area (Å²) in [6.07, 6.45) is 11.7. The zero-order valence-corrected chi connectivity index (χ0v) is 12.5. The summed E-state index contributed by atoms with van der Waals surface area (Å²) in [6.45, 7) is 8.38. The lowest BCUT2D eigenvalue weighted by Crippen LogP contribution is -2.35. The van der Waals surface area contributed by atoms with Gasteiger partial charge in [0.1, 0.15) is 0 Å². The van der Waals surface area contributed by atoms with Crippen LogP contribution in [0.4, 0.5) is 0 Å². The average molecular weight is 252 g/mol. The molecule has 0 aromatic carbocycles. The Morgan fingerprint density at radius 2 is 1.83 bits per heavy atom. The maximum absolute atomic E-state index is 3.52. The molecule has 1 heterocycles. The smallest absolute Gasteiger partial charge is 0.0124 e. The van der Waals surface area contributed by atoms with E-state index in [2.05, 4.69) is 24.1 Å². The molecule has 1 N–H and O–H groups in total. The van der Waals surface area contributed by atoms with Crippen molar-refractivity contribution in [1.82, 2.24) is 10.2 Å². The largest absolute Gasteiger partial charge is 0.315 e. The molecule has 2 nitrogen and oxygen atoms in total. The number of hydrogen-bond acceptors (Lipinski definition) is 2. The molecule has 0 aromatic rings. The molecular formula is C16H32N2. The standard InChI is InChI=1S/C16H32N2/c1-14(2)17-11-5-6-12-18-13-7-10-16(18)15-8-3-4-9-15/h14-17H,3-13H2,1-2H3. The lowest BCUT2D eigenvalue weighted by Gasteiger charge is -2.29. The topological polar surface area (TPSA) is 15.3 Å². The van der Waals surface area contributed by atoms with Gasteiger partial charge in [0.15, 0.2) is 0 Å². The summed E-state index contributed by atoms with van der Waals surface area (Å²) < 4.78 is 0. The Labute approximate surface area is 114 Å². The van der Waals surface area contributed by atoms with E-state index in [1.165, 1.54) is 71.0 Å². The molecule has 1 atom stereocenters. The van der Waals surface area contributed by atoms with Crippen LogP contribution in [0.25, 0.3) is 0 Å². The molecule has 1 aliphatic heterocycles. The number of rotatable bonds is 7. The van der Waals surface area contributed by atoms with Gasteiger partial charge in [0.2, 0.25) is 0 Å². The van der Waals surface area contributed by atoms with Crippen molar-refractivity contribution in [3.63, 3.8) is 0 Å². The van der Waals surface area contributed by atoms with Gasteiger partial charge >= 0.3 is 0 Å². The minimum absolute atomic E-state index is 0.642. The highest BCUT2D eigenvalue weighted by molar-refractivity contribution is 4.87. The monoisotopic (exact) mass is 252 g/mol. The Bertz CT molecular complexity index is 221. The van der Waals surface area contributed by atoms with E-state index >= 15 is 0 Å². The molecule has 0 aromatic heterocycles. The number of nitrogens with zero attached hydrogens (tertiary/aromatic N) is 1. The second-order valence-electron chi connectivity index (χ2n) is 6.61. The third-order valence-corrected chi connectivity index (χ3v) is 4.78. The Morgan fingerprint density at radius 1 is 1.06 bits per heavy atom. The van der Waals surface area contributed by atoms with E-state index < -0.39 is 0 Å². The SMILES string of the molecule is CC(C)NCCCCN1CCCC1C1CCCC1. The van der Waals surface area contributed by atoms with Gasteiger partial charge in [-0.25, -0.2) is 0 Å². The Balaban J connectivity index is 1.62. The molecule has 1 saturated carbocycles. The zero-order chi connectivity index (χ0) is 12.8. The van der Waals surface area contributed by atoms with Gasteiger partial charge < -0.3 is 10.2 Å². The number of hydrogen-bond donors (Lipinski definition) is 1. The zero-order valence-electron chi connectivity index (χ0n) is 12.5. The Hall–Kier alpha value is -0.0800. The number of likely N-dealkylation sites (tertiary alicyclic amines) is 1. The van der Waals surface area contributed by atoms with Gasteiger partial charge in [-0.2, -0.15) is 0 Å². The molecule has 106 valence electrons. The third kappa shape index (κ3) is 4.24. The summed E-state index contributed by atoms with van der Waals surface area (Å²) in [6, 6.07) is 1.59. The van der Waals surface area contributed by atoms with Crippen molar-refractivity contribution in [2.75, 3.05) is 19.6 Å². The maximum atomic E-state index is 3.52. The fraction of sp³-hybridized carbons (Fsp3) is 1.00. The fourth-order valence-corrected chi connectivity index (χ4v) is 3.84. The molecule has 2 heteroatoms. The molecule has 2 rings (SSSR count). The first-order chi connectivity index (χ1) is 8.77. The molecule has 0 spiro atoms. The molecular weight excluding hydrogens is 220 g/mol. The van der Waals surface area contributed by atoms with Gasteiger partial charge in [0, 0.05) is 12.1 Å².